The topological polar surface area (TPSA) is 72.7 Å². The summed E-state index contributed by atoms with van der Waals surface area (Å²) in [6.07, 6.45) is 3.09. The van der Waals surface area contributed by atoms with E-state index in [1.807, 2.05) is 33.8 Å². The van der Waals surface area contributed by atoms with Crippen LogP contribution in [0.3, 0.4) is 0 Å². The molecule has 2 heterocycles. The van der Waals surface area contributed by atoms with E-state index in [0.29, 0.717) is 30.0 Å². The van der Waals surface area contributed by atoms with Crippen molar-refractivity contribution in [2.45, 2.75) is 65.3 Å². The summed E-state index contributed by atoms with van der Waals surface area (Å²) in [6, 6.07) is 5.46. The van der Waals surface area contributed by atoms with E-state index in [1.165, 1.54) is 12.1 Å². The summed E-state index contributed by atoms with van der Waals surface area (Å²) in [5.41, 5.74) is 3.50. The van der Waals surface area contributed by atoms with Crippen LogP contribution in [0, 0.1) is 39.3 Å². The summed E-state index contributed by atoms with van der Waals surface area (Å²) in [7, 11) is 0. The Hall–Kier alpha value is -3.16. The Morgan fingerprint density at radius 2 is 1.72 bits per heavy atom. The summed E-state index contributed by atoms with van der Waals surface area (Å²) in [4.78, 5) is 22.0. The van der Waals surface area contributed by atoms with Gasteiger partial charge in [-0.25, -0.2) is 23.4 Å². The van der Waals surface area contributed by atoms with E-state index in [0.717, 1.165) is 41.6 Å². The molecule has 0 unspecified atom stereocenters. The van der Waals surface area contributed by atoms with Crippen molar-refractivity contribution >= 4 is 5.91 Å². The first-order valence-electron chi connectivity index (χ1n) is 10.8. The zero-order valence-electron chi connectivity index (χ0n) is 18.8. The van der Waals surface area contributed by atoms with Crippen LogP contribution < -0.4 is 5.32 Å². The molecule has 1 saturated carbocycles. The van der Waals surface area contributed by atoms with Crippen LogP contribution in [0.4, 0.5) is 8.78 Å². The minimum Gasteiger partial charge on any atom is -0.346 e. The predicted molar refractivity (Wildman–Crippen MR) is 116 cm³/mol. The molecular weight excluding hydrogens is 412 g/mol. The Labute approximate surface area is 186 Å². The molecule has 0 saturated heterocycles. The molecule has 0 spiro atoms. The fourth-order valence-corrected chi connectivity index (χ4v) is 4.72. The number of carbonyl (C=O) groups excluding carboxylic acids is 1. The third kappa shape index (κ3) is 4.13. The summed E-state index contributed by atoms with van der Waals surface area (Å²) in [5.74, 6) is -1.00. The number of nitrogens with zero attached hydrogens (tertiary/aromatic N) is 4. The van der Waals surface area contributed by atoms with Crippen LogP contribution in [0.5, 0.6) is 0 Å². The van der Waals surface area contributed by atoms with Gasteiger partial charge in [-0.3, -0.25) is 4.79 Å². The monoisotopic (exact) mass is 439 g/mol. The van der Waals surface area contributed by atoms with Crippen LogP contribution in [0.1, 0.15) is 59.6 Å². The average molecular weight is 440 g/mol. The second-order valence-corrected chi connectivity index (χ2v) is 8.65. The van der Waals surface area contributed by atoms with Gasteiger partial charge in [0.1, 0.15) is 11.6 Å². The van der Waals surface area contributed by atoms with Crippen molar-refractivity contribution in [3.63, 3.8) is 0 Å². The largest absolute Gasteiger partial charge is 0.346 e. The minimum atomic E-state index is -0.816. The van der Waals surface area contributed by atoms with Gasteiger partial charge < -0.3 is 5.32 Å². The van der Waals surface area contributed by atoms with Gasteiger partial charge in [0.25, 0.3) is 5.95 Å². The number of hydrogen-bond acceptors (Lipinski definition) is 4. The van der Waals surface area contributed by atoms with Crippen LogP contribution in [0.25, 0.3) is 5.95 Å². The molecule has 0 radical (unpaired) electrons. The highest BCUT2D eigenvalue weighted by Crippen LogP contribution is 2.40. The van der Waals surface area contributed by atoms with E-state index in [4.69, 9.17) is 0 Å². The first-order chi connectivity index (χ1) is 15.2. The SMILES string of the molecule is Cc1cc(C)nc(-n2nc(C)c(CC(=O)NC3(c4ccc(F)cc4F)CCCC3)c2C)n1. The first kappa shape index (κ1) is 22.0. The summed E-state index contributed by atoms with van der Waals surface area (Å²) in [6.45, 7) is 7.52. The molecule has 1 N–H and O–H groups in total. The van der Waals surface area contributed by atoms with Crippen molar-refractivity contribution in [2.24, 2.45) is 0 Å². The number of amides is 1. The minimum absolute atomic E-state index is 0.104. The summed E-state index contributed by atoms with van der Waals surface area (Å²) < 4.78 is 29.7. The molecule has 0 bridgehead atoms. The van der Waals surface area contributed by atoms with Crippen molar-refractivity contribution in [1.82, 2.24) is 25.1 Å². The maximum Gasteiger partial charge on any atom is 0.251 e. The third-order valence-corrected chi connectivity index (χ3v) is 6.22. The van der Waals surface area contributed by atoms with Gasteiger partial charge in [0.2, 0.25) is 5.91 Å². The van der Waals surface area contributed by atoms with Crippen molar-refractivity contribution in [3.05, 3.63) is 69.8 Å². The molecule has 6 nitrogen and oxygen atoms in total. The normalized spacial score (nSPS) is 15.2. The molecule has 1 aliphatic carbocycles. The Bertz CT molecular complexity index is 1160. The Morgan fingerprint density at radius 1 is 1.06 bits per heavy atom. The number of hydrogen-bond donors (Lipinski definition) is 1. The lowest BCUT2D eigenvalue weighted by Crippen LogP contribution is -2.45. The van der Waals surface area contributed by atoms with Crippen LogP contribution in [-0.2, 0) is 16.8 Å². The fraction of sp³-hybridized carbons (Fsp3) is 0.417. The lowest BCUT2D eigenvalue weighted by Gasteiger charge is -2.31. The van der Waals surface area contributed by atoms with E-state index in [2.05, 4.69) is 20.4 Å². The molecule has 168 valence electrons. The number of rotatable bonds is 5. The van der Waals surface area contributed by atoms with Gasteiger partial charge >= 0.3 is 0 Å². The van der Waals surface area contributed by atoms with Crippen LogP contribution in [0.2, 0.25) is 0 Å². The molecule has 8 heteroatoms. The molecule has 4 rings (SSSR count). The molecule has 0 aliphatic heterocycles. The van der Waals surface area contributed by atoms with E-state index >= 15 is 0 Å². The van der Waals surface area contributed by atoms with Gasteiger partial charge in [-0.15, -0.1) is 0 Å². The van der Waals surface area contributed by atoms with Gasteiger partial charge in [-0.1, -0.05) is 18.9 Å². The highest BCUT2D eigenvalue weighted by atomic mass is 19.1. The lowest BCUT2D eigenvalue weighted by molar-refractivity contribution is -0.122. The smallest absolute Gasteiger partial charge is 0.251 e. The maximum atomic E-state index is 14.6. The fourth-order valence-electron chi connectivity index (χ4n) is 4.72. The van der Waals surface area contributed by atoms with Gasteiger partial charge in [0, 0.05) is 34.3 Å². The van der Waals surface area contributed by atoms with Crippen molar-refractivity contribution in [1.29, 1.82) is 0 Å². The third-order valence-electron chi connectivity index (χ3n) is 6.22. The first-order valence-corrected chi connectivity index (χ1v) is 10.8. The van der Waals surface area contributed by atoms with Crippen LogP contribution >= 0.6 is 0 Å². The van der Waals surface area contributed by atoms with Crippen LogP contribution in [-0.4, -0.2) is 25.7 Å². The number of aromatic nitrogens is 4. The summed E-state index contributed by atoms with van der Waals surface area (Å²) >= 11 is 0. The Balaban J connectivity index is 1.60. The van der Waals surface area contributed by atoms with Crippen molar-refractivity contribution < 1.29 is 13.6 Å². The van der Waals surface area contributed by atoms with Crippen LogP contribution in [0.15, 0.2) is 24.3 Å². The van der Waals surface area contributed by atoms with Gasteiger partial charge in [-0.05, 0) is 52.7 Å². The number of nitrogens with one attached hydrogen (secondary N) is 1. The highest BCUT2D eigenvalue weighted by molar-refractivity contribution is 5.80. The zero-order valence-corrected chi connectivity index (χ0v) is 18.8. The average Bonchev–Trinajstić information content (AvgIpc) is 3.27. The second-order valence-electron chi connectivity index (χ2n) is 8.65. The quantitative estimate of drug-likeness (QED) is 0.643. The van der Waals surface area contributed by atoms with E-state index in [1.54, 1.807) is 4.68 Å². The molecule has 1 fully saturated rings. The van der Waals surface area contributed by atoms with Gasteiger partial charge in [-0.2, -0.15) is 5.10 Å². The molecular formula is C24H27F2N5O. The van der Waals surface area contributed by atoms with E-state index in [9.17, 15) is 13.6 Å². The summed E-state index contributed by atoms with van der Waals surface area (Å²) in [5, 5.41) is 7.63. The second kappa shape index (κ2) is 8.41. The van der Waals surface area contributed by atoms with Crippen molar-refractivity contribution in [3.8, 4) is 5.95 Å². The van der Waals surface area contributed by atoms with E-state index in [-0.39, 0.29) is 12.3 Å². The number of carbonyl (C=O) groups is 1. The number of aryl methyl sites for hydroxylation is 3. The van der Waals surface area contributed by atoms with E-state index < -0.39 is 17.2 Å². The number of halogens is 2. The highest BCUT2D eigenvalue weighted by Gasteiger charge is 2.39. The van der Waals surface area contributed by atoms with Gasteiger partial charge in [0.15, 0.2) is 0 Å². The molecule has 1 aliphatic rings. The Morgan fingerprint density at radius 3 is 2.34 bits per heavy atom. The lowest BCUT2D eigenvalue weighted by atomic mass is 9.87. The molecule has 0 atom stereocenters. The zero-order chi connectivity index (χ0) is 23.0. The molecule has 1 aromatic carbocycles. The molecule has 1 amide bonds. The number of benzene rings is 1. The van der Waals surface area contributed by atoms with Crippen molar-refractivity contribution in [2.75, 3.05) is 0 Å². The maximum absolute atomic E-state index is 14.6. The molecule has 2 aromatic heterocycles. The van der Waals surface area contributed by atoms with Gasteiger partial charge in [0.05, 0.1) is 17.7 Å². The Kier molecular flexibility index (Phi) is 5.79. The molecule has 32 heavy (non-hydrogen) atoms. The predicted octanol–water partition coefficient (Wildman–Crippen LogP) is 4.30. The molecule has 3 aromatic rings. The standard InChI is InChI=1S/C24H27F2N5O/c1-14-11-15(2)28-23(27-14)31-17(4)19(16(3)30-31)13-22(32)29-24(9-5-6-10-24)20-8-7-18(25)12-21(20)26/h7-8,11-12H,5-6,9-10,13H2,1-4H3,(H,29,32).